The van der Waals surface area contributed by atoms with E-state index in [1.807, 2.05) is 0 Å². The number of aryl methyl sites for hydroxylation is 1. The Morgan fingerprint density at radius 1 is 1.40 bits per heavy atom. The van der Waals surface area contributed by atoms with Gasteiger partial charge in [-0.3, -0.25) is 14.2 Å². The van der Waals surface area contributed by atoms with Gasteiger partial charge in [0.15, 0.2) is 0 Å². The largest absolute Gasteiger partial charge is 0.350 e. The lowest BCUT2D eigenvalue weighted by Crippen LogP contribution is -2.31. The fourth-order valence-electron chi connectivity index (χ4n) is 1.75. The molecule has 1 aromatic carbocycles. The van der Waals surface area contributed by atoms with Gasteiger partial charge < -0.3 is 5.32 Å². The molecule has 1 aromatic heterocycles. The quantitative estimate of drug-likeness (QED) is 0.931. The summed E-state index contributed by atoms with van der Waals surface area (Å²) >= 11 is 5.94. The summed E-state index contributed by atoms with van der Waals surface area (Å²) in [6.07, 6.45) is 2.97. The highest BCUT2D eigenvalue weighted by molar-refractivity contribution is 6.33. The van der Waals surface area contributed by atoms with Crippen molar-refractivity contribution in [2.75, 3.05) is 6.54 Å². The first kappa shape index (κ1) is 14.3. The average molecular weight is 292 g/mol. The van der Waals surface area contributed by atoms with E-state index in [2.05, 4.69) is 10.3 Å². The molecule has 0 unspecified atom stereocenters. The van der Waals surface area contributed by atoms with E-state index in [0.717, 1.165) is 0 Å². The summed E-state index contributed by atoms with van der Waals surface area (Å²) in [6.45, 7) is 2.40. The number of amides is 1. The zero-order chi connectivity index (χ0) is 14.5. The van der Waals surface area contributed by atoms with Gasteiger partial charge >= 0.3 is 0 Å². The lowest BCUT2D eigenvalue weighted by atomic mass is 10.2. The van der Waals surface area contributed by atoms with E-state index in [0.29, 0.717) is 29.2 Å². The molecule has 1 N–H and O–H groups in total. The van der Waals surface area contributed by atoms with Gasteiger partial charge in [-0.15, -0.1) is 0 Å². The van der Waals surface area contributed by atoms with Crippen LogP contribution >= 0.6 is 11.6 Å². The third-order valence-electron chi connectivity index (χ3n) is 2.83. The number of rotatable bonds is 4. The zero-order valence-corrected chi connectivity index (χ0v) is 11.7. The monoisotopic (exact) mass is 291 g/mol. The number of benzene rings is 1. The average Bonchev–Trinajstić information content (AvgIpc) is 2.44. The Morgan fingerprint density at radius 3 is 2.90 bits per heavy atom. The number of carbonyl (C=O) groups excluding carboxylic acids is 1. The Hall–Kier alpha value is -2.14. The molecule has 0 radical (unpaired) electrons. The molecule has 1 amide bonds. The van der Waals surface area contributed by atoms with Crippen LogP contribution < -0.4 is 10.9 Å². The fraction of sp³-hybridized carbons (Fsp3) is 0.214. The zero-order valence-electron chi connectivity index (χ0n) is 11.0. The summed E-state index contributed by atoms with van der Waals surface area (Å²) in [5, 5.41) is 3.13. The van der Waals surface area contributed by atoms with Crippen LogP contribution in [-0.4, -0.2) is 22.0 Å². The van der Waals surface area contributed by atoms with Gasteiger partial charge in [0.25, 0.3) is 11.5 Å². The van der Waals surface area contributed by atoms with Crippen LogP contribution in [0.15, 0.2) is 41.6 Å². The van der Waals surface area contributed by atoms with Crippen molar-refractivity contribution in [1.82, 2.24) is 14.9 Å². The summed E-state index contributed by atoms with van der Waals surface area (Å²) in [6, 6.07) is 6.82. The highest BCUT2D eigenvalue weighted by Gasteiger charge is 2.08. The molecule has 1 heterocycles. The minimum absolute atomic E-state index is 0.105. The van der Waals surface area contributed by atoms with Gasteiger partial charge in [0, 0.05) is 24.8 Å². The van der Waals surface area contributed by atoms with Crippen molar-refractivity contribution >= 4 is 17.5 Å². The van der Waals surface area contributed by atoms with E-state index < -0.39 is 0 Å². The van der Waals surface area contributed by atoms with Crippen LogP contribution in [0, 0.1) is 6.92 Å². The predicted octanol–water partition coefficient (Wildman–Crippen LogP) is 1.64. The van der Waals surface area contributed by atoms with Gasteiger partial charge in [-0.1, -0.05) is 23.7 Å². The number of carbonyl (C=O) groups is 1. The van der Waals surface area contributed by atoms with E-state index in [4.69, 9.17) is 11.6 Å². The van der Waals surface area contributed by atoms with Crippen molar-refractivity contribution in [3.63, 3.8) is 0 Å². The lowest BCUT2D eigenvalue weighted by molar-refractivity contribution is 0.0952. The lowest BCUT2D eigenvalue weighted by Gasteiger charge is -2.08. The highest BCUT2D eigenvalue weighted by Crippen LogP contribution is 2.14. The molecule has 0 aliphatic heterocycles. The molecule has 0 spiro atoms. The minimum Gasteiger partial charge on any atom is -0.350 e. The summed E-state index contributed by atoms with van der Waals surface area (Å²) < 4.78 is 1.46. The van der Waals surface area contributed by atoms with Gasteiger partial charge in [-0.2, -0.15) is 0 Å². The minimum atomic E-state index is -0.260. The van der Waals surface area contributed by atoms with Crippen LogP contribution in [0.25, 0.3) is 0 Å². The number of hydrogen-bond donors (Lipinski definition) is 1. The summed E-state index contributed by atoms with van der Waals surface area (Å²) in [5.41, 5.74) is 0.890. The smallest absolute Gasteiger partial charge is 0.256 e. The van der Waals surface area contributed by atoms with Crippen LogP contribution in [0.5, 0.6) is 0 Å². The molecule has 0 saturated carbocycles. The normalized spacial score (nSPS) is 10.3. The molecular weight excluding hydrogens is 278 g/mol. The van der Waals surface area contributed by atoms with E-state index in [1.165, 1.54) is 17.1 Å². The Kier molecular flexibility index (Phi) is 4.53. The van der Waals surface area contributed by atoms with E-state index in [1.54, 1.807) is 31.2 Å². The van der Waals surface area contributed by atoms with Crippen molar-refractivity contribution in [1.29, 1.82) is 0 Å². The van der Waals surface area contributed by atoms with Gasteiger partial charge in [-0.25, -0.2) is 4.98 Å². The first-order valence-electron chi connectivity index (χ1n) is 6.13. The molecule has 0 fully saturated rings. The van der Waals surface area contributed by atoms with E-state index in [9.17, 15) is 9.59 Å². The van der Waals surface area contributed by atoms with Crippen molar-refractivity contribution < 1.29 is 4.79 Å². The Morgan fingerprint density at radius 2 is 2.15 bits per heavy atom. The van der Waals surface area contributed by atoms with Gasteiger partial charge in [-0.05, 0) is 19.1 Å². The van der Waals surface area contributed by atoms with Gasteiger partial charge in [0.05, 0.1) is 16.9 Å². The summed E-state index contributed by atoms with van der Waals surface area (Å²) in [5.74, 6) is -0.260. The standard InChI is InChI=1S/C14H14ClN3O2/c1-10-8-16-9-18(14(10)20)7-6-17-13(19)11-4-2-3-5-12(11)15/h2-5,8-9H,6-7H2,1H3,(H,17,19). The molecule has 0 saturated heterocycles. The Labute approximate surface area is 121 Å². The second kappa shape index (κ2) is 6.34. The van der Waals surface area contributed by atoms with Crippen LogP contribution in [0.3, 0.4) is 0 Å². The maximum Gasteiger partial charge on any atom is 0.256 e. The fourth-order valence-corrected chi connectivity index (χ4v) is 1.97. The molecule has 0 bridgehead atoms. The summed E-state index contributed by atoms with van der Waals surface area (Å²) in [4.78, 5) is 27.6. The molecule has 5 nitrogen and oxygen atoms in total. The van der Waals surface area contributed by atoms with Gasteiger partial charge in [0.2, 0.25) is 0 Å². The predicted molar refractivity (Wildman–Crippen MR) is 77.0 cm³/mol. The molecule has 6 heteroatoms. The number of aromatic nitrogens is 2. The van der Waals surface area contributed by atoms with Crippen molar-refractivity contribution in [3.8, 4) is 0 Å². The van der Waals surface area contributed by atoms with Crippen LogP contribution in [0.2, 0.25) is 5.02 Å². The molecule has 0 aliphatic rings. The van der Waals surface area contributed by atoms with Crippen molar-refractivity contribution in [3.05, 3.63) is 63.3 Å². The molecule has 20 heavy (non-hydrogen) atoms. The molecule has 2 rings (SSSR count). The molecule has 2 aromatic rings. The molecule has 104 valence electrons. The van der Waals surface area contributed by atoms with Crippen LogP contribution in [0.1, 0.15) is 15.9 Å². The number of hydrogen-bond acceptors (Lipinski definition) is 3. The van der Waals surface area contributed by atoms with Crippen molar-refractivity contribution in [2.45, 2.75) is 13.5 Å². The Balaban J connectivity index is 1.97. The highest BCUT2D eigenvalue weighted by atomic mass is 35.5. The molecule has 0 aliphatic carbocycles. The first-order chi connectivity index (χ1) is 9.59. The van der Waals surface area contributed by atoms with Gasteiger partial charge in [0.1, 0.15) is 0 Å². The van der Waals surface area contributed by atoms with E-state index >= 15 is 0 Å². The molecule has 0 atom stereocenters. The topological polar surface area (TPSA) is 64.0 Å². The number of halogens is 1. The third kappa shape index (κ3) is 3.24. The molecular formula is C14H14ClN3O2. The number of nitrogens with one attached hydrogen (secondary N) is 1. The Bertz CT molecular complexity index is 682. The van der Waals surface area contributed by atoms with Crippen LogP contribution in [0.4, 0.5) is 0 Å². The van der Waals surface area contributed by atoms with Crippen molar-refractivity contribution in [2.24, 2.45) is 0 Å². The third-order valence-corrected chi connectivity index (χ3v) is 3.16. The van der Waals surface area contributed by atoms with Crippen LogP contribution in [-0.2, 0) is 6.54 Å². The maximum absolute atomic E-state index is 11.9. The maximum atomic E-state index is 11.9. The first-order valence-corrected chi connectivity index (χ1v) is 6.51. The second-order valence-corrected chi connectivity index (χ2v) is 4.72. The SMILES string of the molecule is Cc1cncn(CCNC(=O)c2ccccc2Cl)c1=O. The van der Waals surface area contributed by atoms with E-state index in [-0.39, 0.29) is 11.5 Å². The number of nitrogens with zero attached hydrogens (tertiary/aromatic N) is 2. The summed E-state index contributed by atoms with van der Waals surface area (Å²) in [7, 11) is 0. The second-order valence-electron chi connectivity index (χ2n) is 4.31.